The maximum Gasteiger partial charge on any atom is 0.327 e. The van der Waals surface area contributed by atoms with E-state index in [1.807, 2.05) is 4.99 Å². The minimum Gasteiger partial charge on any atom is -0.468 e. The van der Waals surface area contributed by atoms with Crippen molar-refractivity contribution in [2.24, 2.45) is 16.7 Å². The number of esters is 2. The molecule has 124 valence electrons. The van der Waals surface area contributed by atoms with E-state index < -0.39 is 22.8 Å². The van der Waals surface area contributed by atoms with E-state index in [1.54, 1.807) is 0 Å². The molecular formula is C17H19BrO5. The first-order chi connectivity index (χ1) is 11.0. The van der Waals surface area contributed by atoms with Crippen LogP contribution in [-0.2, 0) is 23.9 Å². The molecule has 2 fully saturated rings. The quantitative estimate of drug-likeness (QED) is 0.542. The molecule has 2 saturated carbocycles. The summed E-state index contributed by atoms with van der Waals surface area (Å²) in [4.78, 5) is 39.6. The first-order valence-electron chi connectivity index (χ1n) is 7.72. The minimum atomic E-state index is -1.50. The number of ether oxygens (including phenoxy) is 2. The van der Waals surface area contributed by atoms with Crippen molar-refractivity contribution in [3.05, 3.63) is 22.2 Å². The van der Waals surface area contributed by atoms with Gasteiger partial charge in [0.25, 0.3) is 0 Å². The highest BCUT2D eigenvalue weighted by atomic mass is 79.9. The standard InChI is InChI=1S/C17H19BrO5/c1-22-14(20)17(15(21)23-2)7-5-10(9-18)16-6-3-4-11(16)12(19)8-13(16)17/h8-9,11H,3-7H2,1-2H3/b10-9+. The van der Waals surface area contributed by atoms with Gasteiger partial charge < -0.3 is 9.47 Å². The van der Waals surface area contributed by atoms with Crippen molar-refractivity contribution >= 4 is 33.7 Å². The minimum absolute atomic E-state index is 0.00318. The maximum atomic E-state index is 12.6. The molecule has 23 heavy (non-hydrogen) atoms. The molecule has 3 aliphatic rings. The van der Waals surface area contributed by atoms with Crippen LogP contribution in [0, 0.1) is 16.7 Å². The number of carbonyl (C=O) groups excluding carboxylic acids is 3. The molecule has 2 atom stereocenters. The fourth-order valence-corrected chi connectivity index (χ4v) is 5.47. The molecule has 6 heteroatoms. The van der Waals surface area contributed by atoms with Gasteiger partial charge in [-0.1, -0.05) is 27.9 Å². The van der Waals surface area contributed by atoms with Crippen LogP contribution in [0.2, 0.25) is 0 Å². The topological polar surface area (TPSA) is 69.7 Å². The Morgan fingerprint density at radius 2 is 1.91 bits per heavy atom. The van der Waals surface area contributed by atoms with Gasteiger partial charge in [0.15, 0.2) is 11.2 Å². The number of ketones is 1. The first kappa shape index (κ1) is 16.4. The van der Waals surface area contributed by atoms with Gasteiger partial charge in [0.1, 0.15) is 0 Å². The summed E-state index contributed by atoms with van der Waals surface area (Å²) in [6, 6.07) is 0. The van der Waals surface area contributed by atoms with Crippen LogP contribution in [0.1, 0.15) is 32.1 Å². The number of rotatable bonds is 2. The number of hydrogen-bond donors (Lipinski definition) is 0. The normalized spacial score (nSPS) is 33.0. The molecule has 2 unspecified atom stereocenters. The molecule has 0 aromatic heterocycles. The lowest BCUT2D eigenvalue weighted by Gasteiger charge is -2.46. The Morgan fingerprint density at radius 3 is 2.48 bits per heavy atom. The number of carbonyl (C=O) groups is 3. The Bertz CT molecular complexity index is 631. The molecule has 0 amide bonds. The third-order valence-electron chi connectivity index (χ3n) is 5.77. The van der Waals surface area contributed by atoms with Crippen LogP contribution in [0.25, 0.3) is 0 Å². The van der Waals surface area contributed by atoms with Gasteiger partial charge in [0.2, 0.25) is 0 Å². The first-order valence-corrected chi connectivity index (χ1v) is 8.63. The van der Waals surface area contributed by atoms with E-state index in [9.17, 15) is 14.4 Å². The fourth-order valence-electron chi connectivity index (χ4n) is 4.83. The summed E-state index contributed by atoms with van der Waals surface area (Å²) in [5, 5.41) is 0. The van der Waals surface area contributed by atoms with E-state index in [4.69, 9.17) is 9.47 Å². The van der Waals surface area contributed by atoms with E-state index in [0.717, 1.165) is 24.8 Å². The molecule has 0 N–H and O–H groups in total. The van der Waals surface area contributed by atoms with Gasteiger partial charge in [0, 0.05) is 11.3 Å². The van der Waals surface area contributed by atoms with E-state index >= 15 is 0 Å². The van der Waals surface area contributed by atoms with E-state index in [1.165, 1.54) is 20.3 Å². The Balaban J connectivity index is 2.26. The molecule has 3 rings (SSSR count). The SMILES string of the molecule is COC(=O)C1(C(=O)OC)CC/C(=C\Br)C23CCCC2C(=O)C=C13. The van der Waals surface area contributed by atoms with Crippen LogP contribution in [0.15, 0.2) is 22.2 Å². The van der Waals surface area contributed by atoms with Crippen molar-refractivity contribution in [1.82, 2.24) is 0 Å². The van der Waals surface area contributed by atoms with Crippen LogP contribution in [0.4, 0.5) is 0 Å². The van der Waals surface area contributed by atoms with Gasteiger partial charge in [-0.15, -0.1) is 0 Å². The zero-order chi connectivity index (χ0) is 16.8. The summed E-state index contributed by atoms with van der Waals surface area (Å²) >= 11 is 3.41. The molecular weight excluding hydrogens is 364 g/mol. The molecule has 5 nitrogen and oxygen atoms in total. The van der Waals surface area contributed by atoms with Crippen LogP contribution >= 0.6 is 15.9 Å². The fraction of sp³-hybridized carbons (Fsp3) is 0.588. The highest BCUT2D eigenvalue weighted by molar-refractivity contribution is 9.11. The summed E-state index contributed by atoms with van der Waals surface area (Å²) in [6.07, 6.45) is 4.77. The van der Waals surface area contributed by atoms with Crippen molar-refractivity contribution in [2.45, 2.75) is 32.1 Å². The summed E-state index contributed by atoms with van der Waals surface area (Å²) in [5.41, 5.74) is -0.382. The maximum absolute atomic E-state index is 12.6. The average Bonchev–Trinajstić information content (AvgIpc) is 3.11. The molecule has 0 heterocycles. The number of methoxy groups -OCH3 is 2. The lowest BCUT2D eigenvalue weighted by molar-refractivity contribution is -0.168. The van der Waals surface area contributed by atoms with Gasteiger partial charge in [-0.25, -0.2) is 0 Å². The highest BCUT2D eigenvalue weighted by Crippen LogP contribution is 2.67. The molecule has 0 aliphatic heterocycles. The smallest absolute Gasteiger partial charge is 0.327 e. The Kier molecular flexibility index (Phi) is 3.99. The predicted octanol–water partition coefficient (Wildman–Crippen LogP) is 2.69. The summed E-state index contributed by atoms with van der Waals surface area (Å²) in [6.45, 7) is 0. The Labute approximate surface area is 143 Å². The van der Waals surface area contributed by atoms with Gasteiger partial charge in [-0.2, -0.15) is 0 Å². The van der Waals surface area contributed by atoms with Crippen LogP contribution in [0.3, 0.4) is 0 Å². The van der Waals surface area contributed by atoms with Gasteiger partial charge in [-0.05, 0) is 42.3 Å². The van der Waals surface area contributed by atoms with Gasteiger partial charge in [0.05, 0.1) is 14.2 Å². The number of allylic oxidation sites excluding steroid dienone is 2. The summed E-state index contributed by atoms with van der Waals surface area (Å²) in [7, 11) is 2.53. The average molecular weight is 383 g/mol. The molecule has 1 spiro atoms. The second-order valence-electron chi connectivity index (χ2n) is 6.40. The van der Waals surface area contributed by atoms with E-state index in [2.05, 4.69) is 15.9 Å². The lowest BCUT2D eigenvalue weighted by Crippen LogP contribution is -2.51. The van der Waals surface area contributed by atoms with Crippen molar-refractivity contribution in [3.63, 3.8) is 0 Å². The largest absolute Gasteiger partial charge is 0.468 e. The molecule has 3 aliphatic carbocycles. The molecule has 0 bridgehead atoms. The van der Waals surface area contributed by atoms with Crippen LogP contribution in [0.5, 0.6) is 0 Å². The Hall–Kier alpha value is -1.43. The molecule has 0 aromatic rings. The van der Waals surface area contributed by atoms with Crippen molar-refractivity contribution < 1.29 is 23.9 Å². The second kappa shape index (κ2) is 5.58. The van der Waals surface area contributed by atoms with E-state index in [0.29, 0.717) is 12.0 Å². The van der Waals surface area contributed by atoms with Gasteiger partial charge >= 0.3 is 11.9 Å². The van der Waals surface area contributed by atoms with Crippen molar-refractivity contribution in [3.8, 4) is 0 Å². The van der Waals surface area contributed by atoms with Crippen molar-refractivity contribution in [2.75, 3.05) is 14.2 Å². The lowest BCUT2D eigenvalue weighted by atomic mass is 9.55. The summed E-state index contributed by atoms with van der Waals surface area (Å²) in [5.74, 6) is -1.45. The van der Waals surface area contributed by atoms with E-state index in [-0.39, 0.29) is 18.1 Å². The zero-order valence-corrected chi connectivity index (χ0v) is 14.8. The van der Waals surface area contributed by atoms with Crippen LogP contribution < -0.4 is 0 Å². The Morgan fingerprint density at radius 1 is 1.26 bits per heavy atom. The number of hydrogen-bond acceptors (Lipinski definition) is 5. The monoisotopic (exact) mass is 382 g/mol. The van der Waals surface area contributed by atoms with Crippen LogP contribution in [-0.4, -0.2) is 31.9 Å². The van der Waals surface area contributed by atoms with Crippen molar-refractivity contribution in [1.29, 1.82) is 0 Å². The molecule has 0 saturated heterocycles. The summed E-state index contributed by atoms with van der Waals surface area (Å²) < 4.78 is 9.90. The highest BCUT2D eigenvalue weighted by Gasteiger charge is 2.67. The predicted molar refractivity (Wildman–Crippen MR) is 85.6 cm³/mol. The van der Waals surface area contributed by atoms with Gasteiger partial charge in [-0.3, -0.25) is 14.4 Å². The molecule has 0 radical (unpaired) electrons. The molecule has 0 aromatic carbocycles. The third kappa shape index (κ3) is 1.87. The second-order valence-corrected chi connectivity index (χ2v) is 6.86. The zero-order valence-electron chi connectivity index (χ0n) is 13.2. The third-order valence-corrected chi connectivity index (χ3v) is 6.32. The number of halogens is 1.